The lowest BCUT2D eigenvalue weighted by molar-refractivity contribution is 0.0674. The minimum absolute atomic E-state index is 0.202. The molecule has 3 aliphatic heterocycles. The lowest BCUT2D eigenvalue weighted by Crippen LogP contribution is -2.46. The van der Waals surface area contributed by atoms with Crippen molar-refractivity contribution in [2.24, 2.45) is 0 Å². The smallest absolute Gasteiger partial charge is 0.254 e. The van der Waals surface area contributed by atoms with E-state index in [4.69, 9.17) is 0 Å². The molecule has 176 valence electrons. The van der Waals surface area contributed by atoms with Gasteiger partial charge in [0.05, 0.1) is 11.2 Å². The molecule has 1 amide bonds. The molecule has 2 fully saturated rings. The number of pyridine rings is 1. The first-order chi connectivity index (χ1) is 16.6. The van der Waals surface area contributed by atoms with E-state index >= 15 is 0 Å². The van der Waals surface area contributed by atoms with Gasteiger partial charge in [0.2, 0.25) is 0 Å². The van der Waals surface area contributed by atoms with Crippen LogP contribution in [0.25, 0.3) is 10.9 Å². The summed E-state index contributed by atoms with van der Waals surface area (Å²) < 4.78 is 13.6. The summed E-state index contributed by atoms with van der Waals surface area (Å²) in [4.78, 5) is 22.2. The van der Waals surface area contributed by atoms with Gasteiger partial charge in [-0.05, 0) is 86.6 Å². The number of halogens is 1. The Bertz CT molecular complexity index is 1210. The number of nitrogens with one attached hydrogen (secondary N) is 1. The van der Waals surface area contributed by atoms with E-state index in [9.17, 15) is 9.18 Å². The fraction of sp³-hybridized carbons (Fsp3) is 0.429. The Labute approximate surface area is 200 Å². The highest BCUT2D eigenvalue weighted by atomic mass is 19.1. The topological polar surface area (TPSA) is 48.5 Å². The van der Waals surface area contributed by atoms with Crippen LogP contribution in [-0.2, 0) is 13.1 Å². The molecule has 3 aromatic rings. The molecule has 6 rings (SSSR count). The Morgan fingerprint density at radius 1 is 1.03 bits per heavy atom. The van der Waals surface area contributed by atoms with Gasteiger partial charge >= 0.3 is 0 Å². The Balaban J connectivity index is 1.09. The van der Waals surface area contributed by atoms with E-state index < -0.39 is 0 Å². The van der Waals surface area contributed by atoms with E-state index in [0.29, 0.717) is 12.0 Å². The van der Waals surface area contributed by atoms with Crippen molar-refractivity contribution in [1.29, 1.82) is 0 Å². The third kappa shape index (κ3) is 4.21. The number of likely N-dealkylation sites (tertiary alicyclic amines) is 1. The van der Waals surface area contributed by atoms with Crippen LogP contribution in [0.2, 0.25) is 0 Å². The predicted octanol–water partition coefficient (Wildman–Crippen LogP) is 4.46. The third-order valence-electron chi connectivity index (χ3n) is 7.83. The molecule has 1 unspecified atom stereocenters. The second kappa shape index (κ2) is 9.08. The van der Waals surface area contributed by atoms with Gasteiger partial charge < -0.3 is 10.2 Å². The molecule has 34 heavy (non-hydrogen) atoms. The highest BCUT2D eigenvalue weighted by Gasteiger charge is 2.34. The van der Waals surface area contributed by atoms with E-state index in [0.717, 1.165) is 87.1 Å². The first-order valence-corrected chi connectivity index (χ1v) is 12.6. The van der Waals surface area contributed by atoms with Gasteiger partial charge in [-0.3, -0.25) is 14.7 Å². The maximum absolute atomic E-state index is 13.6. The number of rotatable bonds is 4. The molecule has 2 saturated heterocycles. The quantitative estimate of drug-likeness (QED) is 0.627. The zero-order chi connectivity index (χ0) is 23.1. The SMILES string of the molecule is O=C1c2ccc(C3CCN(Cc4ccc5ccc(F)cc5n4)CC3)cc2CN1C1CCCNC1. The number of hydrogen-bond donors (Lipinski definition) is 1. The number of benzene rings is 2. The summed E-state index contributed by atoms with van der Waals surface area (Å²) in [5.74, 6) is 0.487. The summed E-state index contributed by atoms with van der Waals surface area (Å²) in [5.41, 5.74) is 5.17. The van der Waals surface area contributed by atoms with Crippen molar-refractivity contribution in [2.45, 2.75) is 50.7 Å². The van der Waals surface area contributed by atoms with Gasteiger partial charge in [-0.25, -0.2) is 4.39 Å². The molecule has 0 aliphatic carbocycles. The van der Waals surface area contributed by atoms with E-state index in [2.05, 4.69) is 44.4 Å². The minimum Gasteiger partial charge on any atom is -0.330 e. The Morgan fingerprint density at radius 3 is 2.71 bits per heavy atom. The van der Waals surface area contributed by atoms with Crippen LogP contribution in [0.5, 0.6) is 0 Å². The van der Waals surface area contributed by atoms with Gasteiger partial charge in [-0.2, -0.15) is 0 Å². The second-order valence-corrected chi connectivity index (χ2v) is 10.0. The van der Waals surface area contributed by atoms with Crippen molar-refractivity contribution in [3.05, 3.63) is 76.7 Å². The molecule has 4 heterocycles. The summed E-state index contributed by atoms with van der Waals surface area (Å²) in [5, 5.41) is 4.40. The number of hydrogen-bond acceptors (Lipinski definition) is 4. The molecule has 1 N–H and O–H groups in total. The Hall–Kier alpha value is -2.83. The van der Waals surface area contributed by atoms with E-state index in [-0.39, 0.29) is 11.7 Å². The molecular weight excluding hydrogens is 427 g/mol. The average Bonchev–Trinajstić information content (AvgIpc) is 3.20. The van der Waals surface area contributed by atoms with Crippen molar-refractivity contribution in [2.75, 3.05) is 26.2 Å². The van der Waals surface area contributed by atoms with Crippen LogP contribution in [0.3, 0.4) is 0 Å². The normalized spacial score (nSPS) is 21.9. The minimum atomic E-state index is -0.243. The molecule has 0 spiro atoms. The number of aromatic nitrogens is 1. The highest BCUT2D eigenvalue weighted by molar-refractivity contribution is 5.98. The molecule has 1 atom stereocenters. The van der Waals surface area contributed by atoms with Crippen LogP contribution < -0.4 is 5.32 Å². The molecule has 6 heteroatoms. The van der Waals surface area contributed by atoms with E-state index in [1.54, 1.807) is 6.07 Å². The van der Waals surface area contributed by atoms with Crippen molar-refractivity contribution in [3.8, 4) is 0 Å². The van der Waals surface area contributed by atoms with Crippen LogP contribution in [0.4, 0.5) is 4.39 Å². The summed E-state index contributed by atoms with van der Waals surface area (Å²) in [7, 11) is 0. The summed E-state index contributed by atoms with van der Waals surface area (Å²) in [6, 6.07) is 15.7. The van der Waals surface area contributed by atoms with Gasteiger partial charge in [0.1, 0.15) is 5.82 Å². The van der Waals surface area contributed by atoms with Crippen molar-refractivity contribution in [1.82, 2.24) is 20.1 Å². The van der Waals surface area contributed by atoms with Crippen LogP contribution in [0.1, 0.15) is 58.8 Å². The molecule has 3 aliphatic rings. The zero-order valence-electron chi connectivity index (χ0n) is 19.5. The average molecular weight is 459 g/mol. The summed E-state index contributed by atoms with van der Waals surface area (Å²) in [6.45, 7) is 5.55. The molecule has 5 nitrogen and oxygen atoms in total. The first-order valence-electron chi connectivity index (χ1n) is 12.6. The maximum Gasteiger partial charge on any atom is 0.254 e. The Kier molecular flexibility index (Phi) is 5.79. The van der Waals surface area contributed by atoms with E-state index in [1.165, 1.54) is 23.3 Å². The lowest BCUT2D eigenvalue weighted by atomic mass is 9.88. The van der Waals surface area contributed by atoms with Gasteiger partial charge in [0.15, 0.2) is 0 Å². The van der Waals surface area contributed by atoms with Gasteiger partial charge in [0.25, 0.3) is 5.91 Å². The standard InChI is InChI=1S/C28H31FN4O/c29-23-6-3-20-4-7-24(31-27(20)15-23)18-32-12-9-19(10-13-32)21-5-8-26-22(14-21)17-33(28(26)34)25-2-1-11-30-16-25/h3-8,14-15,19,25,30H,1-2,9-13,16-18H2. The van der Waals surface area contributed by atoms with Gasteiger partial charge in [0, 0.05) is 42.7 Å². The van der Waals surface area contributed by atoms with Gasteiger partial charge in [-0.15, -0.1) is 0 Å². The number of fused-ring (bicyclic) bond motifs is 2. The Morgan fingerprint density at radius 2 is 1.88 bits per heavy atom. The second-order valence-electron chi connectivity index (χ2n) is 10.0. The van der Waals surface area contributed by atoms with Crippen molar-refractivity contribution < 1.29 is 9.18 Å². The van der Waals surface area contributed by atoms with Crippen LogP contribution in [-0.4, -0.2) is 52.9 Å². The van der Waals surface area contributed by atoms with Crippen LogP contribution in [0.15, 0.2) is 48.5 Å². The van der Waals surface area contributed by atoms with Crippen LogP contribution in [0, 0.1) is 5.82 Å². The summed E-state index contributed by atoms with van der Waals surface area (Å²) >= 11 is 0. The summed E-state index contributed by atoms with van der Waals surface area (Å²) in [6.07, 6.45) is 4.44. The molecule has 0 bridgehead atoms. The number of carbonyl (C=O) groups excluding carboxylic acids is 1. The number of amides is 1. The highest BCUT2D eigenvalue weighted by Crippen LogP contribution is 2.33. The maximum atomic E-state index is 13.6. The largest absolute Gasteiger partial charge is 0.330 e. The number of nitrogens with zero attached hydrogens (tertiary/aromatic N) is 3. The van der Waals surface area contributed by atoms with Crippen LogP contribution >= 0.6 is 0 Å². The molecule has 1 aromatic heterocycles. The predicted molar refractivity (Wildman–Crippen MR) is 131 cm³/mol. The fourth-order valence-electron chi connectivity index (χ4n) is 5.89. The molecule has 2 aromatic carbocycles. The zero-order valence-corrected chi connectivity index (χ0v) is 19.5. The lowest BCUT2D eigenvalue weighted by Gasteiger charge is -2.32. The molecular formula is C28H31FN4O. The first kappa shape index (κ1) is 21.7. The number of piperidine rings is 2. The van der Waals surface area contributed by atoms with E-state index in [1.807, 2.05) is 6.07 Å². The van der Waals surface area contributed by atoms with Gasteiger partial charge in [-0.1, -0.05) is 18.2 Å². The van der Waals surface area contributed by atoms with Crippen molar-refractivity contribution in [3.63, 3.8) is 0 Å². The molecule has 0 saturated carbocycles. The monoisotopic (exact) mass is 458 g/mol. The van der Waals surface area contributed by atoms with Crippen molar-refractivity contribution >= 4 is 16.8 Å². The molecule has 0 radical (unpaired) electrons. The third-order valence-corrected chi connectivity index (χ3v) is 7.83. The fourth-order valence-corrected chi connectivity index (χ4v) is 5.89. The number of carbonyl (C=O) groups is 1.